The van der Waals surface area contributed by atoms with Crippen LogP contribution in [0.1, 0.15) is 5.69 Å². The van der Waals surface area contributed by atoms with E-state index in [9.17, 15) is 4.79 Å². The molecule has 108 valence electrons. The summed E-state index contributed by atoms with van der Waals surface area (Å²) < 4.78 is 1.90. The summed E-state index contributed by atoms with van der Waals surface area (Å²) in [7, 11) is 3.43. The van der Waals surface area contributed by atoms with E-state index in [0.29, 0.717) is 24.7 Å². The van der Waals surface area contributed by atoms with Gasteiger partial charge in [-0.15, -0.1) is 0 Å². The van der Waals surface area contributed by atoms with Gasteiger partial charge in [0.25, 0.3) is 0 Å². The van der Waals surface area contributed by atoms with Crippen molar-refractivity contribution < 1.29 is 4.79 Å². The molecule has 0 aliphatic heterocycles. The number of amides is 2. The van der Waals surface area contributed by atoms with E-state index < -0.39 is 0 Å². The summed E-state index contributed by atoms with van der Waals surface area (Å²) >= 11 is 5.92. The number of imidazole rings is 1. The Kier molecular flexibility index (Phi) is 4.81. The highest BCUT2D eigenvalue weighted by molar-refractivity contribution is 6.30. The predicted octanol–water partition coefficient (Wildman–Crippen LogP) is 1.35. The quantitative estimate of drug-likeness (QED) is 0.819. The van der Waals surface area contributed by atoms with Gasteiger partial charge in [0.1, 0.15) is 5.65 Å². The number of aromatic nitrogens is 2. The molecule has 0 saturated carbocycles. The first-order chi connectivity index (χ1) is 9.56. The lowest BCUT2D eigenvalue weighted by Gasteiger charge is -2.11. The standard InChI is InChI=1S/C13H18ClN5O/c1-18(2)13(20)16-6-5-15-7-11-9-19-8-10(14)3-4-12(19)17-11/h3-4,8-9,15H,5-7H2,1-2H3,(H,16,20). The molecule has 0 aliphatic carbocycles. The minimum atomic E-state index is -0.0887. The lowest BCUT2D eigenvalue weighted by molar-refractivity contribution is 0.217. The Labute approximate surface area is 122 Å². The highest BCUT2D eigenvalue weighted by atomic mass is 35.5. The first kappa shape index (κ1) is 14.6. The molecule has 0 fully saturated rings. The van der Waals surface area contributed by atoms with E-state index in [-0.39, 0.29) is 6.03 Å². The second-order valence-electron chi connectivity index (χ2n) is 4.65. The van der Waals surface area contributed by atoms with E-state index in [1.165, 1.54) is 4.90 Å². The molecule has 0 aliphatic rings. The van der Waals surface area contributed by atoms with Gasteiger partial charge in [0.15, 0.2) is 0 Å². The summed E-state index contributed by atoms with van der Waals surface area (Å²) in [5.41, 5.74) is 1.80. The number of hydrogen-bond donors (Lipinski definition) is 2. The Morgan fingerprint density at radius 1 is 1.35 bits per heavy atom. The number of nitrogens with one attached hydrogen (secondary N) is 2. The van der Waals surface area contributed by atoms with E-state index in [1.807, 2.05) is 28.9 Å². The Morgan fingerprint density at radius 3 is 2.90 bits per heavy atom. The van der Waals surface area contributed by atoms with Gasteiger partial charge in [-0.3, -0.25) is 0 Å². The zero-order chi connectivity index (χ0) is 14.5. The van der Waals surface area contributed by atoms with E-state index in [4.69, 9.17) is 11.6 Å². The Morgan fingerprint density at radius 2 is 2.15 bits per heavy atom. The van der Waals surface area contributed by atoms with Crippen LogP contribution in [0.4, 0.5) is 4.79 Å². The van der Waals surface area contributed by atoms with Gasteiger partial charge in [-0.2, -0.15) is 0 Å². The molecule has 2 heterocycles. The molecule has 2 aromatic heterocycles. The van der Waals surface area contributed by atoms with Crippen LogP contribution in [0.3, 0.4) is 0 Å². The van der Waals surface area contributed by atoms with Crippen LogP contribution in [0.15, 0.2) is 24.5 Å². The van der Waals surface area contributed by atoms with Crippen molar-refractivity contribution in [3.8, 4) is 0 Å². The van der Waals surface area contributed by atoms with Crippen molar-refractivity contribution in [3.63, 3.8) is 0 Å². The maximum Gasteiger partial charge on any atom is 0.316 e. The lowest BCUT2D eigenvalue weighted by Crippen LogP contribution is -2.38. The van der Waals surface area contributed by atoms with Crippen LogP contribution in [0.5, 0.6) is 0 Å². The number of hydrogen-bond acceptors (Lipinski definition) is 3. The van der Waals surface area contributed by atoms with Crippen LogP contribution in [0.25, 0.3) is 5.65 Å². The first-order valence-corrected chi connectivity index (χ1v) is 6.73. The summed E-state index contributed by atoms with van der Waals surface area (Å²) in [4.78, 5) is 17.3. The third-order valence-corrected chi connectivity index (χ3v) is 2.98. The summed E-state index contributed by atoms with van der Waals surface area (Å²) in [5.74, 6) is 0. The van der Waals surface area contributed by atoms with E-state index in [0.717, 1.165) is 11.3 Å². The zero-order valence-corrected chi connectivity index (χ0v) is 12.3. The van der Waals surface area contributed by atoms with Crippen molar-refractivity contribution in [3.05, 3.63) is 35.2 Å². The molecule has 2 N–H and O–H groups in total. The number of pyridine rings is 1. The molecule has 0 unspecified atom stereocenters. The number of rotatable bonds is 5. The third-order valence-electron chi connectivity index (χ3n) is 2.76. The molecule has 2 amide bonds. The number of nitrogens with zero attached hydrogens (tertiary/aromatic N) is 3. The van der Waals surface area contributed by atoms with Crippen molar-refractivity contribution in [1.82, 2.24) is 24.9 Å². The van der Waals surface area contributed by atoms with Gasteiger partial charge in [0, 0.05) is 46.1 Å². The van der Waals surface area contributed by atoms with Gasteiger partial charge in [0.05, 0.1) is 10.7 Å². The molecule has 6 nitrogen and oxygen atoms in total. The zero-order valence-electron chi connectivity index (χ0n) is 11.6. The van der Waals surface area contributed by atoms with Crippen LogP contribution in [-0.2, 0) is 6.54 Å². The fourth-order valence-electron chi connectivity index (χ4n) is 1.73. The van der Waals surface area contributed by atoms with Crippen LogP contribution in [0, 0.1) is 0 Å². The average molecular weight is 296 g/mol. The molecule has 0 spiro atoms. The van der Waals surface area contributed by atoms with Gasteiger partial charge in [-0.1, -0.05) is 11.6 Å². The fraction of sp³-hybridized carbons (Fsp3) is 0.385. The van der Waals surface area contributed by atoms with Gasteiger partial charge >= 0.3 is 6.03 Å². The number of urea groups is 1. The van der Waals surface area contributed by atoms with Crippen LogP contribution in [0.2, 0.25) is 5.02 Å². The van der Waals surface area contributed by atoms with Crippen molar-refractivity contribution in [2.24, 2.45) is 0 Å². The molecule has 0 bridgehead atoms. The van der Waals surface area contributed by atoms with Gasteiger partial charge in [0.2, 0.25) is 0 Å². The number of carbonyl (C=O) groups excluding carboxylic acids is 1. The van der Waals surface area contributed by atoms with Crippen LogP contribution >= 0.6 is 11.6 Å². The van der Waals surface area contributed by atoms with Gasteiger partial charge in [-0.25, -0.2) is 9.78 Å². The molecule has 2 rings (SSSR count). The molecule has 20 heavy (non-hydrogen) atoms. The maximum atomic E-state index is 11.3. The van der Waals surface area contributed by atoms with E-state index in [2.05, 4.69) is 15.6 Å². The number of fused-ring (bicyclic) bond motifs is 1. The van der Waals surface area contributed by atoms with Crippen molar-refractivity contribution in [2.45, 2.75) is 6.54 Å². The second-order valence-corrected chi connectivity index (χ2v) is 5.08. The normalized spacial score (nSPS) is 10.8. The predicted molar refractivity (Wildman–Crippen MR) is 79.0 cm³/mol. The molecule has 0 radical (unpaired) electrons. The largest absolute Gasteiger partial charge is 0.337 e. The van der Waals surface area contributed by atoms with Crippen molar-refractivity contribution in [1.29, 1.82) is 0 Å². The Hall–Kier alpha value is -1.79. The summed E-state index contributed by atoms with van der Waals surface area (Å²) in [6.45, 7) is 1.92. The van der Waals surface area contributed by atoms with Crippen LogP contribution in [-0.4, -0.2) is 47.5 Å². The minimum absolute atomic E-state index is 0.0887. The highest BCUT2D eigenvalue weighted by Crippen LogP contribution is 2.11. The molecular weight excluding hydrogens is 278 g/mol. The molecule has 0 aromatic carbocycles. The molecule has 0 saturated heterocycles. The monoisotopic (exact) mass is 295 g/mol. The van der Waals surface area contributed by atoms with Gasteiger partial charge < -0.3 is 19.9 Å². The minimum Gasteiger partial charge on any atom is -0.337 e. The molecule has 0 atom stereocenters. The lowest BCUT2D eigenvalue weighted by atomic mass is 10.4. The number of carbonyl (C=O) groups is 1. The topological polar surface area (TPSA) is 61.7 Å². The Bertz CT molecular complexity index is 595. The highest BCUT2D eigenvalue weighted by Gasteiger charge is 2.03. The van der Waals surface area contributed by atoms with Gasteiger partial charge in [-0.05, 0) is 12.1 Å². The summed E-state index contributed by atoms with van der Waals surface area (Å²) in [6.07, 6.45) is 3.76. The van der Waals surface area contributed by atoms with Crippen molar-refractivity contribution >= 4 is 23.3 Å². The fourth-order valence-corrected chi connectivity index (χ4v) is 1.90. The smallest absolute Gasteiger partial charge is 0.316 e. The van der Waals surface area contributed by atoms with E-state index in [1.54, 1.807) is 14.1 Å². The molecule has 2 aromatic rings. The summed E-state index contributed by atoms with van der Waals surface area (Å²) in [5, 5.41) is 6.69. The number of halogens is 1. The average Bonchev–Trinajstić information content (AvgIpc) is 2.79. The maximum absolute atomic E-state index is 11.3. The summed E-state index contributed by atoms with van der Waals surface area (Å²) in [6, 6.07) is 3.61. The second kappa shape index (κ2) is 6.58. The first-order valence-electron chi connectivity index (χ1n) is 6.35. The third kappa shape index (κ3) is 3.85. The van der Waals surface area contributed by atoms with Crippen LogP contribution < -0.4 is 10.6 Å². The van der Waals surface area contributed by atoms with Crippen molar-refractivity contribution in [2.75, 3.05) is 27.2 Å². The molecule has 7 heteroatoms. The Balaban J connectivity index is 1.77. The van der Waals surface area contributed by atoms with E-state index >= 15 is 0 Å². The SMILES string of the molecule is CN(C)C(=O)NCCNCc1cn2cc(Cl)ccc2n1. The molecular formula is C13H18ClN5O.